The second kappa shape index (κ2) is 4.44. The van der Waals surface area contributed by atoms with Crippen molar-refractivity contribution in [1.29, 1.82) is 0 Å². The first-order chi connectivity index (χ1) is 8.50. The molecule has 19 heavy (non-hydrogen) atoms. The van der Waals surface area contributed by atoms with Crippen molar-refractivity contribution in [3.05, 3.63) is 0 Å². The molecule has 6 nitrogen and oxygen atoms in total. The first kappa shape index (κ1) is 15.3. The lowest BCUT2D eigenvalue weighted by molar-refractivity contribution is -0.212. The molecule has 2 fully saturated rings. The Morgan fingerprint density at radius 1 is 1.11 bits per heavy atom. The van der Waals surface area contributed by atoms with Gasteiger partial charge in [-0.25, -0.2) is 8.78 Å². The molecule has 0 unspecified atom stereocenters. The first-order valence-electron chi connectivity index (χ1n) is 5.98. The molecule has 0 radical (unpaired) electrons. The van der Waals surface area contributed by atoms with E-state index >= 15 is 0 Å². The average molecular weight is 302 g/mol. The van der Waals surface area contributed by atoms with Gasteiger partial charge in [0.05, 0.1) is 23.3 Å². The molecule has 2 aliphatic rings. The van der Waals surface area contributed by atoms with Gasteiger partial charge < -0.3 is 25.1 Å². The summed E-state index contributed by atoms with van der Waals surface area (Å²) >= 11 is 0. The van der Waals surface area contributed by atoms with Crippen molar-refractivity contribution >= 4 is 7.60 Å². The molecule has 2 rings (SSSR count). The number of aliphatic hydroxyl groups excluding tert-OH is 3. The molecule has 0 amide bonds. The van der Waals surface area contributed by atoms with Crippen LogP contribution in [0.1, 0.15) is 25.7 Å². The van der Waals surface area contributed by atoms with Crippen LogP contribution in [0.25, 0.3) is 0 Å². The number of hydrogen-bond acceptors (Lipinski definition) is 4. The SMILES string of the molecule is O=P(O)(O)C1(C[C@@H]2[C@@H](O)[C@H](O)[C@H](O)CC2(F)F)CC1. The number of alkyl halides is 2. The molecular formula is C10H17F2O6P. The highest BCUT2D eigenvalue weighted by atomic mass is 31.2. The molecule has 0 aromatic rings. The summed E-state index contributed by atoms with van der Waals surface area (Å²) in [7, 11) is -4.53. The molecule has 4 atom stereocenters. The van der Waals surface area contributed by atoms with Gasteiger partial charge in [0, 0.05) is 6.42 Å². The highest BCUT2D eigenvalue weighted by molar-refractivity contribution is 7.54. The molecule has 2 saturated carbocycles. The minimum Gasteiger partial charge on any atom is -0.390 e. The van der Waals surface area contributed by atoms with Crippen LogP contribution in [0.5, 0.6) is 0 Å². The smallest absolute Gasteiger partial charge is 0.331 e. The van der Waals surface area contributed by atoms with Crippen LogP contribution in [0.15, 0.2) is 0 Å². The normalized spacial score (nSPS) is 41.0. The summed E-state index contributed by atoms with van der Waals surface area (Å²) in [6, 6.07) is 0. The number of rotatable bonds is 3. The summed E-state index contributed by atoms with van der Waals surface area (Å²) in [5.74, 6) is -5.23. The Morgan fingerprint density at radius 3 is 2.05 bits per heavy atom. The fraction of sp³-hybridized carbons (Fsp3) is 1.00. The second-order valence-electron chi connectivity index (χ2n) is 5.59. The van der Waals surface area contributed by atoms with Crippen LogP contribution in [0.2, 0.25) is 0 Å². The molecule has 0 spiro atoms. The van der Waals surface area contributed by atoms with E-state index in [4.69, 9.17) is 0 Å². The van der Waals surface area contributed by atoms with Crippen LogP contribution in [-0.4, -0.2) is 54.5 Å². The van der Waals surface area contributed by atoms with Gasteiger partial charge in [-0.15, -0.1) is 0 Å². The van der Waals surface area contributed by atoms with Gasteiger partial charge in [0.15, 0.2) is 0 Å². The second-order valence-corrected chi connectivity index (χ2v) is 7.63. The summed E-state index contributed by atoms with van der Waals surface area (Å²) in [5.41, 5.74) is 0. The van der Waals surface area contributed by atoms with Crippen LogP contribution in [0.4, 0.5) is 8.78 Å². The van der Waals surface area contributed by atoms with Crippen LogP contribution in [-0.2, 0) is 4.57 Å². The third-order valence-corrected chi connectivity index (χ3v) is 6.09. The first-order valence-corrected chi connectivity index (χ1v) is 7.59. The van der Waals surface area contributed by atoms with E-state index in [1.807, 2.05) is 0 Å². The van der Waals surface area contributed by atoms with Crippen molar-refractivity contribution in [1.82, 2.24) is 0 Å². The van der Waals surface area contributed by atoms with Crippen molar-refractivity contribution in [3.63, 3.8) is 0 Å². The Hall–Kier alpha value is -0.110. The maximum atomic E-state index is 13.8. The van der Waals surface area contributed by atoms with E-state index in [1.165, 1.54) is 0 Å². The van der Waals surface area contributed by atoms with E-state index in [9.17, 15) is 38.5 Å². The lowest BCUT2D eigenvalue weighted by atomic mass is 9.77. The maximum Gasteiger partial charge on any atom is 0.331 e. The summed E-state index contributed by atoms with van der Waals surface area (Å²) in [5, 5.41) is 26.8. The molecule has 112 valence electrons. The standard InChI is InChI=1S/C10H17F2O6P/c11-10(12)4-6(13)8(15)7(14)5(10)3-9(1-2-9)19(16,17)18/h5-8,13-15H,1-4H2,(H2,16,17,18)/t5-,6-,7-,8-/m1/s1. The predicted octanol–water partition coefficient (Wildman–Crippen LogP) is -0.175. The minimum atomic E-state index is -4.53. The number of hydrogen-bond donors (Lipinski definition) is 5. The van der Waals surface area contributed by atoms with Gasteiger partial charge in [0.1, 0.15) is 6.10 Å². The van der Waals surface area contributed by atoms with Crippen LogP contribution >= 0.6 is 7.60 Å². The summed E-state index contributed by atoms with van der Waals surface area (Å²) in [4.78, 5) is 18.4. The van der Waals surface area contributed by atoms with Crippen molar-refractivity contribution in [2.24, 2.45) is 5.92 Å². The van der Waals surface area contributed by atoms with Gasteiger partial charge in [0.2, 0.25) is 0 Å². The van der Waals surface area contributed by atoms with Crippen molar-refractivity contribution in [3.8, 4) is 0 Å². The monoisotopic (exact) mass is 302 g/mol. The maximum absolute atomic E-state index is 13.8. The Bertz CT molecular complexity index is 407. The Kier molecular flexibility index (Phi) is 3.57. The Balaban J connectivity index is 2.21. The van der Waals surface area contributed by atoms with Crippen molar-refractivity contribution in [2.75, 3.05) is 0 Å². The Labute approximate surface area is 108 Å². The molecule has 0 heterocycles. The van der Waals surface area contributed by atoms with E-state index < -0.39 is 55.7 Å². The summed E-state index contributed by atoms with van der Waals surface area (Å²) < 4.78 is 38.9. The van der Waals surface area contributed by atoms with E-state index in [1.54, 1.807) is 0 Å². The molecule has 0 aromatic heterocycles. The summed E-state index contributed by atoms with van der Waals surface area (Å²) in [6.07, 6.45) is -6.71. The molecule has 0 aromatic carbocycles. The van der Waals surface area contributed by atoms with Crippen molar-refractivity contribution < 1.29 is 38.5 Å². The number of halogens is 2. The highest BCUT2D eigenvalue weighted by Crippen LogP contribution is 2.68. The molecular weight excluding hydrogens is 285 g/mol. The third-order valence-electron chi connectivity index (χ3n) is 4.23. The molecule has 0 saturated heterocycles. The average Bonchev–Trinajstić information content (AvgIpc) is 3.01. The fourth-order valence-corrected chi connectivity index (χ4v) is 3.83. The van der Waals surface area contributed by atoms with Gasteiger partial charge in [-0.1, -0.05) is 0 Å². The zero-order valence-electron chi connectivity index (χ0n) is 9.99. The van der Waals surface area contributed by atoms with Gasteiger partial charge in [-0.2, -0.15) is 0 Å². The molecule has 9 heteroatoms. The fourth-order valence-electron chi connectivity index (χ4n) is 2.70. The van der Waals surface area contributed by atoms with Gasteiger partial charge in [0.25, 0.3) is 5.92 Å². The van der Waals surface area contributed by atoms with Crippen LogP contribution < -0.4 is 0 Å². The van der Waals surface area contributed by atoms with Crippen molar-refractivity contribution in [2.45, 2.75) is 55.1 Å². The molecule has 2 aliphatic carbocycles. The Morgan fingerprint density at radius 2 is 1.63 bits per heavy atom. The highest BCUT2D eigenvalue weighted by Gasteiger charge is 2.63. The lowest BCUT2D eigenvalue weighted by Crippen LogP contribution is -2.56. The van der Waals surface area contributed by atoms with Gasteiger partial charge in [-0.3, -0.25) is 4.57 Å². The summed E-state index contributed by atoms with van der Waals surface area (Å²) in [6.45, 7) is 0. The van der Waals surface area contributed by atoms with Crippen LogP contribution in [0, 0.1) is 5.92 Å². The van der Waals surface area contributed by atoms with E-state index in [0.717, 1.165) is 0 Å². The predicted molar refractivity (Wildman–Crippen MR) is 59.7 cm³/mol. The molecule has 0 bridgehead atoms. The topological polar surface area (TPSA) is 118 Å². The number of aliphatic hydroxyl groups is 3. The zero-order valence-corrected chi connectivity index (χ0v) is 10.9. The quantitative estimate of drug-likeness (QED) is 0.462. The minimum absolute atomic E-state index is 0.120. The van der Waals surface area contributed by atoms with Crippen LogP contribution in [0.3, 0.4) is 0 Å². The van der Waals surface area contributed by atoms with Gasteiger partial charge in [-0.05, 0) is 19.3 Å². The van der Waals surface area contributed by atoms with E-state index in [2.05, 4.69) is 0 Å². The lowest BCUT2D eigenvalue weighted by Gasteiger charge is -2.42. The molecule has 0 aliphatic heterocycles. The zero-order chi connectivity index (χ0) is 14.6. The largest absolute Gasteiger partial charge is 0.390 e. The van der Waals surface area contributed by atoms with Gasteiger partial charge >= 0.3 is 7.60 Å². The molecule has 5 N–H and O–H groups in total. The third kappa shape index (κ3) is 2.57. The van der Waals surface area contributed by atoms with E-state index in [0.29, 0.717) is 0 Å². The van der Waals surface area contributed by atoms with E-state index in [-0.39, 0.29) is 12.8 Å².